The standard InChI is InChI=1S/C36H74N2/c1-4-7-10-13-16-18-19-21-23-26-29-36(28-25-22-20-17-14-11-8-5-2)35-38-33-31-37(32-34-38)30-27-24-15-12-9-6-3/h36H,4-35H2,1-3H3. The summed E-state index contributed by atoms with van der Waals surface area (Å²) in [6, 6.07) is 0. The van der Waals surface area contributed by atoms with E-state index in [1.165, 1.54) is 206 Å². The van der Waals surface area contributed by atoms with Gasteiger partial charge < -0.3 is 9.80 Å². The van der Waals surface area contributed by atoms with Gasteiger partial charge in [-0.25, -0.2) is 0 Å². The van der Waals surface area contributed by atoms with Gasteiger partial charge in [0.1, 0.15) is 0 Å². The van der Waals surface area contributed by atoms with E-state index in [1.54, 1.807) is 0 Å². The summed E-state index contributed by atoms with van der Waals surface area (Å²) in [6.45, 7) is 15.0. The predicted octanol–water partition coefficient (Wildman–Crippen LogP) is 11.4. The molecule has 0 aromatic heterocycles. The predicted molar refractivity (Wildman–Crippen MR) is 173 cm³/mol. The Kier molecular flexibility index (Phi) is 26.9. The van der Waals surface area contributed by atoms with Crippen LogP contribution < -0.4 is 0 Å². The van der Waals surface area contributed by atoms with Crippen molar-refractivity contribution < 1.29 is 0 Å². The molecule has 228 valence electrons. The maximum absolute atomic E-state index is 2.84. The lowest BCUT2D eigenvalue weighted by atomic mass is 9.93. The van der Waals surface area contributed by atoms with Crippen molar-refractivity contribution in [1.82, 2.24) is 9.80 Å². The average Bonchev–Trinajstić information content (AvgIpc) is 2.93. The molecule has 1 heterocycles. The first-order valence-corrected chi connectivity index (χ1v) is 18.2. The molecule has 2 nitrogen and oxygen atoms in total. The van der Waals surface area contributed by atoms with E-state index >= 15 is 0 Å². The van der Waals surface area contributed by atoms with Crippen LogP contribution in [0, 0.1) is 5.92 Å². The number of piperazine rings is 1. The lowest BCUT2D eigenvalue weighted by Gasteiger charge is -2.36. The van der Waals surface area contributed by atoms with Crippen molar-refractivity contribution in [3.63, 3.8) is 0 Å². The fourth-order valence-corrected chi connectivity index (χ4v) is 6.49. The first-order valence-electron chi connectivity index (χ1n) is 18.2. The highest BCUT2D eigenvalue weighted by Crippen LogP contribution is 2.22. The Bertz CT molecular complexity index is 443. The van der Waals surface area contributed by atoms with Crippen molar-refractivity contribution in [2.75, 3.05) is 39.3 Å². The Morgan fingerprint density at radius 3 is 1.08 bits per heavy atom. The fourth-order valence-electron chi connectivity index (χ4n) is 6.49. The highest BCUT2D eigenvalue weighted by molar-refractivity contribution is 4.75. The fraction of sp³-hybridized carbons (Fsp3) is 1.00. The molecular weight excluding hydrogens is 460 g/mol. The van der Waals surface area contributed by atoms with E-state index in [0.717, 1.165) is 5.92 Å². The molecule has 2 heteroatoms. The van der Waals surface area contributed by atoms with Crippen LogP contribution in [-0.4, -0.2) is 49.1 Å². The lowest BCUT2D eigenvalue weighted by molar-refractivity contribution is 0.111. The van der Waals surface area contributed by atoms with Crippen LogP contribution in [0.1, 0.15) is 188 Å². The largest absolute Gasteiger partial charge is 0.301 e. The summed E-state index contributed by atoms with van der Waals surface area (Å²) in [4.78, 5) is 5.59. The molecule has 0 amide bonds. The molecular formula is C36H74N2. The van der Waals surface area contributed by atoms with Gasteiger partial charge in [0.2, 0.25) is 0 Å². The quantitative estimate of drug-likeness (QED) is 0.0880. The van der Waals surface area contributed by atoms with Crippen LogP contribution >= 0.6 is 0 Å². The molecule has 0 saturated carbocycles. The zero-order chi connectivity index (χ0) is 27.4. The second-order valence-corrected chi connectivity index (χ2v) is 13.0. The van der Waals surface area contributed by atoms with E-state index in [1.807, 2.05) is 0 Å². The monoisotopic (exact) mass is 535 g/mol. The van der Waals surface area contributed by atoms with Gasteiger partial charge in [0, 0.05) is 32.7 Å². The van der Waals surface area contributed by atoms with Gasteiger partial charge in [0.25, 0.3) is 0 Å². The molecule has 0 aromatic rings. The molecule has 0 aromatic carbocycles. The smallest absolute Gasteiger partial charge is 0.0110 e. The van der Waals surface area contributed by atoms with Gasteiger partial charge in [-0.2, -0.15) is 0 Å². The minimum Gasteiger partial charge on any atom is -0.301 e. The minimum absolute atomic E-state index is 0.953. The summed E-state index contributed by atoms with van der Waals surface area (Å²) < 4.78 is 0. The van der Waals surface area contributed by atoms with E-state index in [9.17, 15) is 0 Å². The van der Waals surface area contributed by atoms with Crippen LogP contribution in [0.25, 0.3) is 0 Å². The van der Waals surface area contributed by atoms with Crippen molar-refractivity contribution in [2.45, 2.75) is 188 Å². The second kappa shape index (κ2) is 28.4. The van der Waals surface area contributed by atoms with Gasteiger partial charge in [-0.1, -0.05) is 168 Å². The van der Waals surface area contributed by atoms with Crippen LogP contribution in [0.3, 0.4) is 0 Å². The molecule has 1 fully saturated rings. The van der Waals surface area contributed by atoms with Gasteiger partial charge in [-0.3, -0.25) is 0 Å². The van der Waals surface area contributed by atoms with E-state index in [0.29, 0.717) is 0 Å². The second-order valence-electron chi connectivity index (χ2n) is 13.0. The van der Waals surface area contributed by atoms with Crippen molar-refractivity contribution in [3.05, 3.63) is 0 Å². The van der Waals surface area contributed by atoms with Crippen LogP contribution in [-0.2, 0) is 0 Å². The van der Waals surface area contributed by atoms with Crippen molar-refractivity contribution >= 4 is 0 Å². The summed E-state index contributed by atoms with van der Waals surface area (Å²) in [5.41, 5.74) is 0. The summed E-state index contributed by atoms with van der Waals surface area (Å²) in [5.74, 6) is 0.953. The number of hydrogen-bond donors (Lipinski definition) is 0. The van der Waals surface area contributed by atoms with Gasteiger partial charge in [0.15, 0.2) is 0 Å². The molecule has 1 aliphatic heterocycles. The Balaban J connectivity index is 2.22. The maximum Gasteiger partial charge on any atom is 0.0110 e. The molecule has 38 heavy (non-hydrogen) atoms. The molecule has 0 N–H and O–H groups in total. The summed E-state index contributed by atoms with van der Waals surface area (Å²) >= 11 is 0. The van der Waals surface area contributed by atoms with E-state index in [-0.39, 0.29) is 0 Å². The molecule has 0 bridgehead atoms. The summed E-state index contributed by atoms with van der Waals surface area (Å²) in [7, 11) is 0. The highest BCUT2D eigenvalue weighted by atomic mass is 15.3. The van der Waals surface area contributed by atoms with Crippen LogP contribution in [0.4, 0.5) is 0 Å². The SMILES string of the molecule is CCCCCCCCCCCCC(CCCCCCCCCC)CN1CCN(CCCCCCCC)CC1. The molecule has 1 rings (SSSR count). The average molecular weight is 535 g/mol. The zero-order valence-electron chi connectivity index (χ0n) is 27.1. The Labute approximate surface area is 242 Å². The van der Waals surface area contributed by atoms with Crippen LogP contribution in [0.2, 0.25) is 0 Å². The molecule has 1 aliphatic rings. The number of unbranched alkanes of at least 4 members (excludes halogenated alkanes) is 21. The number of rotatable bonds is 29. The molecule has 1 saturated heterocycles. The molecule has 1 atom stereocenters. The third-order valence-electron chi connectivity index (χ3n) is 9.24. The normalized spacial score (nSPS) is 15.9. The van der Waals surface area contributed by atoms with Crippen LogP contribution in [0.15, 0.2) is 0 Å². The molecule has 0 aliphatic carbocycles. The first kappa shape index (κ1) is 35.9. The third-order valence-corrected chi connectivity index (χ3v) is 9.24. The summed E-state index contributed by atoms with van der Waals surface area (Å²) in [6.07, 6.45) is 37.8. The van der Waals surface area contributed by atoms with Crippen LogP contribution in [0.5, 0.6) is 0 Å². The van der Waals surface area contributed by atoms with Gasteiger partial charge in [-0.15, -0.1) is 0 Å². The Morgan fingerprint density at radius 1 is 0.368 bits per heavy atom. The third kappa shape index (κ3) is 22.7. The van der Waals surface area contributed by atoms with Gasteiger partial charge in [0.05, 0.1) is 0 Å². The van der Waals surface area contributed by atoms with E-state index < -0.39 is 0 Å². The number of hydrogen-bond acceptors (Lipinski definition) is 2. The van der Waals surface area contributed by atoms with Crippen molar-refractivity contribution in [3.8, 4) is 0 Å². The highest BCUT2D eigenvalue weighted by Gasteiger charge is 2.19. The van der Waals surface area contributed by atoms with Gasteiger partial charge >= 0.3 is 0 Å². The molecule has 1 unspecified atom stereocenters. The number of nitrogens with zero attached hydrogens (tertiary/aromatic N) is 2. The molecule has 0 spiro atoms. The Hall–Kier alpha value is -0.0800. The summed E-state index contributed by atoms with van der Waals surface area (Å²) in [5, 5.41) is 0. The molecule has 0 radical (unpaired) electrons. The van der Waals surface area contributed by atoms with E-state index in [4.69, 9.17) is 0 Å². The first-order chi connectivity index (χ1) is 18.8. The minimum atomic E-state index is 0.953. The van der Waals surface area contributed by atoms with Gasteiger partial charge in [-0.05, 0) is 31.7 Å². The topological polar surface area (TPSA) is 6.48 Å². The maximum atomic E-state index is 2.84. The van der Waals surface area contributed by atoms with E-state index in [2.05, 4.69) is 30.6 Å². The Morgan fingerprint density at radius 2 is 0.684 bits per heavy atom. The lowest BCUT2D eigenvalue weighted by Crippen LogP contribution is -2.47. The van der Waals surface area contributed by atoms with Crippen molar-refractivity contribution in [2.24, 2.45) is 5.92 Å². The van der Waals surface area contributed by atoms with Crippen molar-refractivity contribution in [1.29, 1.82) is 0 Å². The zero-order valence-corrected chi connectivity index (χ0v) is 27.1.